The molecule has 0 amide bonds. The van der Waals surface area contributed by atoms with E-state index in [4.69, 9.17) is 4.98 Å². The van der Waals surface area contributed by atoms with E-state index in [0.717, 1.165) is 69.3 Å². The maximum Gasteiger partial charge on any atom is 0.147 e. The van der Waals surface area contributed by atoms with Crippen LogP contribution in [0.4, 0.5) is 0 Å². The van der Waals surface area contributed by atoms with Crippen LogP contribution in [0.2, 0.25) is 0 Å². The maximum atomic E-state index is 4.69. The van der Waals surface area contributed by atoms with Crippen LogP contribution < -0.4 is 5.32 Å². The fourth-order valence-corrected chi connectivity index (χ4v) is 4.33. The Morgan fingerprint density at radius 2 is 2.04 bits per heavy atom. The van der Waals surface area contributed by atoms with Crippen molar-refractivity contribution in [2.45, 2.75) is 45.3 Å². The summed E-state index contributed by atoms with van der Waals surface area (Å²) in [5, 5.41) is 12.3. The van der Waals surface area contributed by atoms with Crippen molar-refractivity contribution in [1.82, 2.24) is 34.4 Å². The molecule has 136 valence electrons. The maximum absolute atomic E-state index is 4.69. The average Bonchev–Trinajstić information content (AvgIpc) is 3.24. The normalized spacial score (nSPS) is 19.1. The lowest BCUT2D eigenvalue weighted by molar-refractivity contribution is 0.196. The fourth-order valence-electron chi connectivity index (χ4n) is 4.33. The van der Waals surface area contributed by atoms with Crippen molar-refractivity contribution in [2.24, 2.45) is 0 Å². The highest BCUT2D eigenvalue weighted by atomic mass is 15.3. The molecule has 1 N–H and O–H groups in total. The Kier molecular flexibility index (Phi) is 3.98. The molecule has 0 saturated carbocycles. The van der Waals surface area contributed by atoms with Crippen molar-refractivity contribution in [2.75, 3.05) is 19.6 Å². The number of piperidine rings is 1. The Bertz CT molecular complexity index is 917. The molecule has 0 bridgehead atoms. The van der Waals surface area contributed by atoms with Gasteiger partial charge in [0, 0.05) is 31.7 Å². The molecule has 0 aliphatic carbocycles. The van der Waals surface area contributed by atoms with Gasteiger partial charge in [-0.3, -0.25) is 4.90 Å². The van der Waals surface area contributed by atoms with E-state index in [1.54, 1.807) is 0 Å². The van der Waals surface area contributed by atoms with E-state index in [1.807, 2.05) is 6.07 Å². The number of imidazole rings is 1. The zero-order valence-electron chi connectivity index (χ0n) is 15.2. The fraction of sp³-hybridized carbons (Fsp3) is 0.526. The summed E-state index contributed by atoms with van der Waals surface area (Å²) in [6, 6.07) is 6.20. The van der Waals surface area contributed by atoms with Gasteiger partial charge in [-0.1, -0.05) is 6.07 Å². The molecule has 1 fully saturated rings. The van der Waals surface area contributed by atoms with Gasteiger partial charge in [0.15, 0.2) is 0 Å². The lowest BCUT2D eigenvalue weighted by Gasteiger charge is -2.32. The molecule has 0 radical (unpaired) electrons. The molecule has 3 aromatic rings. The minimum atomic E-state index is 0.536. The number of aryl methyl sites for hydroxylation is 1. The molecule has 7 heteroatoms. The number of aromatic nitrogens is 5. The molecule has 5 heterocycles. The Balaban J connectivity index is 1.29. The third-order valence-electron chi connectivity index (χ3n) is 5.81. The first-order valence-electron chi connectivity index (χ1n) is 9.57. The number of fused-ring (bicyclic) bond motifs is 2. The van der Waals surface area contributed by atoms with Crippen LogP contribution >= 0.6 is 0 Å². The minimum Gasteiger partial charge on any atom is -0.312 e. The van der Waals surface area contributed by atoms with Gasteiger partial charge in [0.2, 0.25) is 0 Å². The first-order chi connectivity index (χ1) is 12.8. The SMILES string of the molecule is Cc1nc2ccccn2c1CN1CCC(c2nnc3n2CCNC3)CC1. The van der Waals surface area contributed by atoms with Gasteiger partial charge in [0.25, 0.3) is 0 Å². The van der Waals surface area contributed by atoms with Crippen LogP contribution in [0.1, 0.15) is 41.8 Å². The van der Waals surface area contributed by atoms with E-state index < -0.39 is 0 Å². The summed E-state index contributed by atoms with van der Waals surface area (Å²) < 4.78 is 4.56. The van der Waals surface area contributed by atoms with E-state index in [2.05, 4.69) is 54.6 Å². The Morgan fingerprint density at radius 3 is 2.92 bits per heavy atom. The molecule has 5 rings (SSSR count). The van der Waals surface area contributed by atoms with Gasteiger partial charge < -0.3 is 14.3 Å². The molecular formula is C19H25N7. The highest BCUT2D eigenvalue weighted by Crippen LogP contribution is 2.29. The van der Waals surface area contributed by atoms with Crippen LogP contribution in [0.3, 0.4) is 0 Å². The largest absolute Gasteiger partial charge is 0.312 e. The summed E-state index contributed by atoms with van der Waals surface area (Å²) in [6.45, 7) is 8.15. The third kappa shape index (κ3) is 2.71. The van der Waals surface area contributed by atoms with Crippen molar-refractivity contribution in [3.8, 4) is 0 Å². The number of nitrogens with zero attached hydrogens (tertiary/aromatic N) is 6. The lowest BCUT2D eigenvalue weighted by Crippen LogP contribution is -2.35. The molecule has 3 aromatic heterocycles. The molecule has 0 unspecified atom stereocenters. The summed E-state index contributed by atoms with van der Waals surface area (Å²) >= 11 is 0. The van der Waals surface area contributed by atoms with Gasteiger partial charge in [-0.2, -0.15) is 0 Å². The van der Waals surface area contributed by atoms with Gasteiger partial charge in [-0.15, -0.1) is 10.2 Å². The number of hydrogen-bond acceptors (Lipinski definition) is 5. The van der Waals surface area contributed by atoms with E-state index in [-0.39, 0.29) is 0 Å². The number of hydrogen-bond donors (Lipinski definition) is 1. The van der Waals surface area contributed by atoms with Gasteiger partial charge in [0.1, 0.15) is 17.3 Å². The van der Waals surface area contributed by atoms with Crippen LogP contribution in [0.5, 0.6) is 0 Å². The first kappa shape index (κ1) is 16.0. The summed E-state index contributed by atoms with van der Waals surface area (Å²) in [5.41, 5.74) is 3.49. The quantitative estimate of drug-likeness (QED) is 0.778. The summed E-state index contributed by atoms with van der Waals surface area (Å²) in [5.74, 6) is 2.83. The molecule has 7 nitrogen and oxygen atoms in total. The Labute approximate surface area is 153 Å². The van der Waals surface area contributed by atoms with Gasteiger partial charge in [-0.05, 0) is 45.0 Å². The molecule has 0 aromatic carbocycles. The van der Waals surface area contributed by atoms with E-state index in [9.17, 15) is 0 Å². The van der Waals surface area contributed by atoms with Crippen molar-refractivity contribution in [1.29, 1.82) is 0 Å². The smallest absolute Gasteiger partial charge is 0.147 e. The highest BCUT2D eigenvalue weighted by molar-refractivity contribution is 5.42. The topological polar surface area (TPSA) is 63.3 Å². The van der Waals surface area contributed by atoms with Crippen LogP contribution in [-0.4, -0.2) is 48.7 Å². The average molecular weight is 351 g/mol. The summed E-state index contributed by atoms with van der Waals surface area (Å²) in [6.07, 6.45) is 4.43. The second-order valence-corrected chi connectivity index (χ2v) is 7.43. The summed E-state index contributed by atoms with van der Waals surface area (Å²) in [7, 11) is 0. The molecular weight excluding hydrogens is 326 g/mol. The van der Waals surface area contributed by atoms with Crippen LogP contribution in [0, 0.1) is 6.92 Å². The van der Waals surface area contributed by atoms with E-state index in [1.165, 1.54) is 11.5 Å². The van der Waals surface area contributed by atoms with Crippen molar-refractivity contribution in [3.05, 3.63) is 47.4 Å². The highest BCUT2D eigenvalue weighted by Gasteiger charge is 2.27. The van der Waals surface area contributed by atoms with Gasteiger partial charge in [0.05, 0.1) is 17.9 Å². The van der Waals surface area contributed by atoms with E-state index in [0.29, 0.717) is 5.92 Å². The zero-order valence-corrected chi connectivity index (χ0v) is 15.2. The van der Waals surface area contributed by atoms with Gasteiger partial charge >= 0.3 is 0 Å². The predicted octanol–water partition coefficient (Wildman–Crippen LogP) is 1.72. The van der Waals surface area contributed by atoms with Crippen LogP contribution in [-0.2, 0) is 19.6 Å². The number of pyridine rings is 1. The molecule has 0 atom stereocenters. The number of likely N-dealkylation sites (tertiary alicyclic amines) is 1. The Morgan fingerprint density at radius 1 is 1.15 bits per heavy atom. The molecule has 2 aliphatic rings. The molecule has 0 spiro atoms. The predicted molar refractivity (Wildman–Crippen MR) is 98.9 cm³/mol. The molecule has 1 saturated heterocycles. The second kappa shape index (κ2) is 6.48. The monoisotopic (exact) mass is 351 g/mol. The first-order valence-corrected chi connectivity index (χ1v) is 9.57. The van der Waals surface area contributed by atoms with Crippen molar-refractivity contribution < 1.29 is 0 Å². The van der Waals surface area contributed by atoms with Crippen molar-refractivity contribution >= 4 is 5.65 Å². The molecule has 2 aliphatic heterocycles. The van der Waals surface area contributed by atoms with Crippen LogP contribution in [0.15, 0.2) is 24.4 Å². The van der Waals surface area contributed by atoms with E-state index >= 15 is 0 Å². The number of nitrogens with one attached hydrogen (secondary N) is 1. The summed E-state index contributed by atoms with van der Waals surface area (Å²) in [4.78, 5) is 7.24. The standard InChI is InChI=1S/C19H25N7/c1-14-16(25-8-3-2-4-17(25)21-14)13-24-9-5-15(6-10-24)19-23-22-18-12-20-7-11-26(18)19/h2-4,8,15,20H,5-7,9-13H2,1H3. The van der Waals surface area contributed by atoms with Crippen LogP contribution in [0.25, 0.3) is 5.65 Å². The second-order valence-electron chi connectivity index (χ2n) is 7.43. The van der Waals surface area contributed by atoms with Crippen molar-refractivity contribution in [3.63, 3.8) is 0 Å². The lowest BCUT2D eigenvalue weighted by atomic mass is 9.95. The zero-order chi connectivity index (χ0) is 17.5. The Hall–Kier alpha value is -2.25. The molecule has 26 heavy (non-hydrogen) atoms. The number of rotatable bonds is 3. The van der Waals surface area contributed by atoms with Gasteiger partial charge in [-0.25, -0.2) is 4.98 Å². The minimum absolute atomic E-state index is 0.536. The third-order valence-corrected chi connectivity index (χ3v) is 5.81.